The molecule has 3 N–H and O–H groups in total. The van der Waals surface area contributed by atoms with Crippen LogP contribution in [-0.2, 0) is 4.79 Å². The molecule has 0 aliphatic rings. The summed E-state index contributed by atoms with van der Waals surface area (Å²) in [5.41, 5.74) is 5.37. The van der Waals surface area contributed by atoms with Crippen LogP contribution in [0.2, 0.25) is 0 Å². The first-order valence-corrected chi connectivity index (χ1v) is 5.07. The Labute approximate surface area is 95.2 Å². The largest absolute Gasteiger partial charge is 0.370 e. The SMILES string of the molecule is NC(=O)CCNC(=O)c1cccnc1Br. The lowest BCUT2D eigenvalue weighted by Crippen LogP contribution is -2.28. The summed E-state index contributed by atoms with van der Waals surface area (Å²) >= 11 is 3.15. The highest BCUT2D eigenvalue weighted by Crippen LogP contribution is 2.11. The third kappa shape index (κ3) is 3.67. The summed E-state index contributed by atoms with van der Waals surface area (Å²) in [6, 6.07) is 3.30. The van der Waals surface area contributed by atoms with Crippen molar-refractivity contribution in [2.45, 2.75) is 6.42 Å². The van der Waals surface area contributed by atoms with Crippen molar-refractivity contribution in [3.8, 4) is 0 Å². The Kier molecular flexibility index (Phi) is 4.23. The Bertz CT molecular complexity index is 381. The lowest BCUT2D eigenvalue weighted by molar-refractivity contribution is -0.117. The van der Waals surface area contributed by atoms with Crippen LogP contribution in [0.3, 0.4) is 0 Å². The number of carbonyl (C=O) groups is 2. The molecule has 5 nitrogen and oxygen atoms in total. The van der Waals surface area contributed by atoms with E-state index in [1.54, 1.807) is 18.3 Å². The average molecular weight is 272 g/mol. The molecule has 0 aliphatic carbocycles. The van der Waals surface area contributed by atoms with Crippen molar-refractivity contribution in [1.29, 1.82) is 0 Å². The average Bonchev–Trinajstić information content (AvgIpc) is 2.17. The Morgan fingerprint density at radius 3 is 2.87 bits per heavy atom. The van der Waals surface area contributed by atoms with Crippen LogP contribution in [-0.4, -0.2) is 23.3 Å². The van der Waals surface area contributed by atoms with Crippen molar-refractivity contribution in [3.63, 3.8) is 0 Å². The maximum absolute atomic E-state index is 11.5. The Hall–Kier alpha value is -1.43. The Morgan fingerprint density at radius 1 is 1.53 bits per heavy atom. The van der Waals surface area contributed by atoms with Crippen LogP contribution >= 0.6 is 15.9 Å². The molecule has 80 valence electrons. The van der Waals surface area contributed by atoms with E-state index in [1.807, 2.05) is 0 Å². The molecule has 0 saturated carbocycles. The van der Waals surface area contributed by atoms with Gasteiger partial charge in [0.25, 0.3) is 5.91 Å². The van der Waals surface area contributed by atoms with E-state index in [-0.39, 0.29) is 18.9 Å². The van der Waals surface area contributed by atoms with E-state index in [1.165, 1.54) is 0 Å². The lowest BCUT2D eigenvalue weighted by Gasteiger charge is -2.04. The standard InChI is InChI=1S/C9H10BrN3O2/c10-8-6(2-1-4-12-8)9(15)13-5-3-7(11)14/h1-2,4H,3,5H2,(H2,11,14)(H,13,15). The smallest absolute Gasteiger partial charge is 0.254 e. The zero-order valence-electron chi connectivity index (χ0n) is 7.87. The number of carbonyl (C=O) groups excluding carboxylic acids is 2. The van der Waals surface area contributed by atoms with E-state index in [0.717, 1.165) is 0 Å². The predicted octanol–water partition coefficient (Wildman–Crippen LogP) is 0.449. The van der Waals surface area contributed by atoms with Gasteiger partial charge in [-0.1, -0.05) is 0 Å². The summed E-state index contributed by atoms with van der Waals surface area (Å²) in [6.07, 6.45) is 1.70. The van der Waals surface area contributed by atoms with Crippen LogP contribution in [0, 0.1) is 0 Å². The van der Waals surface area contributed by atoms with Gasteiger partial charge in [-0.25, -0.2) is 4.98 Å². The molecule has 0 aromatic carbocycles. The summed E-state index contributed by atoms with van der Waals surface area (Å²) in [7, 11) is 0. The minimum atomic E-state index is -0.444. The summed E-state index contributed by atoms with van der Waals surface area (Å²) in [5, 5.41) is 2.56. The van der Waals surface area contributed by atoms with Gasteiger partial charge in [0.05, 0.1) is 5.56 Å². The number of halogens is 1. The van der Waals surface area contributed by atoms with Crippen molar-refractivity contribution < 1.29 is 9.59 Å². The topological polar surface area (TPSA) is 85.1 Å². The second kappa shape index (κ2) is 5.45. The Morgan fingerprint density at radius 2 is 2.27 bits per heavy atom. The zero-order chi connectivity index (χ0) is 11.3. The fraction of sp³-hybridized carbons (Fsp3) is 0.222. The molecule has 0 radical (unpaired) electrons. The van der Waals surface area contributed by atoms with Crippen molar-refractivity contribution in [1.82, 2.24) is 10.3 Å². The highest BCUT2D eigenvalue weighted by Gasteiger charge is 2.09. The summed E-state index contributed by atoms with van der Waals surface area (Å²) in [5.74, 6) is -0.725. The number of rotatable bonds is 4. The highest BCUT2D eigenvalue weighted by atomic mass is 79.9. The molecule has 0 bridgehead atoms. The van der Waals surface area contributed by atoms with E-state index in [0.29, 0.717) is 10.2 Å². The number of pyridine rings is 1. The van der Waals surface area contributed by atoms with Gasteiger partial charge < -0.3 is 11.1 Å². The van der Waals surface area contributed by atoms with Gasteiger partial charge in [-0.2, -0.15) is 0 Å². The summed E-state index contributed by atoms with van der Waals surface area (Å²) < 4.78 is 0.474. The van der Waals surface area contributed by atoms with Gasteiger partial charge in [0.2, 0.25) is 5.91 Å². The third-order valence-corrected chi connectivity index (χ3v) is 2.29. The van der Waals surface area contributed by atoms with Gasteiger partial charge >= 0.3 is 0 Å². The fourth-order valence-electron chi connectivity index (χ4n) is 0.950. The molecule has 0 unspecified atom stereocenters. The second-order valence-corrected chi connectivity index (χ2v) is 3.57. The van der Waals surface area contributed by atoms with Gasteiger partial charge in [0, 0.05) is 19.2 Å². The first-order valence-electron chi connectivity index (χ1n) is 4.28. The number of amides is 2. The molecule has 6 heteroatoms. The maximum atomic E-state index is 11.5. The molecule has 2 amide bonds. The molecule has 0 spiro atoms. The zero-order valence-corrected chi connectivity index (χ0v) is 9.45. The number of hydrogen-bond acceptors (Lipinski definition) is 3. The summed E-state index contributed by atoms with van der Waals surface area (Å²) in [6.45, 7) is 0.232. The van der Waals surface area contributed by atoms with Gasteiger partial charge in [0.1, 0.15) is 4.60 Å². The van der Waals surface area contributed by atoms with Crippen molar-refractivity contribution >= 4 is 27.7 Å². The first kappa shape index (κ1) is 11.6. The van der Waals surface area contributed by atoms with E-state index in [2.05, 4.69) is 26.2 Å². The number of primary amides is 1. The van der Waals surface area contributed by atoms with E-state index in [4.69, 9.17) is 5.73 Å². The Balaban J connectivity index is 2.54. The van der Waals surface area contributed by atoms with Crippen LogP contribution in [0.1, 0.15) is 16.8 Å². The van der Waals surface area contributed by atoms with Crippen LogP contribution in [0.4, 0.5) is 0 Å². The van der Waals surface area contributed by atoms with E-state index >= 15 is 0 Å². The minimum absolute atomic E-state index is 0.129. The lowest BCUT2D eigenvalue weighted by atomic mass is 10.2. The molecule has 1 heterocycles. The molecule has 0 saturated heterocycles. The number of nitrogens with one attached hydrogen (secondary N) is 1. The van der Waals surface area contributed by atoms with Gasteiger partial charge in [-0.05, 0) is 28.1 Å². The molecule has 1 rings (SSSR count). The van der Waals surface area contributed by atoms with Gasteiger partial charge in [-0.3, -0.25) is 9.59 Å². The van der Waals surface area contributed by atoms with Crippen molar-refractivity contribution in [3.05, 3.63) is 28.5 Å². The molecular weight excluding hydrogens is 262 g/mol. The number of nitrogens with zero attached hydrogens (tertiary/aromatic N) is 1. The second-order valence-electron chi connectivity index (χ2n) is 2.81. The normalized spacial score (nSPS) is 9.67. The number of hydrogen-bond donors (Lipinski definition) is 2. The van der Waals surface area contributed by atoms with Crippen molar-refractivity contribution in [2.75, 3.05) is 6.54 Å². The first-order chi connectivity index (χ1) is 7.11. The van der Waals surface area contributed by atoms with Crippen molar-refractivity contribution in [2.24, 2.45) is 5.73 Å². The van der Waals surface area contributed by atoms with Crippen LogP contribution in [0.5, 0.6) is 0 Å². The third-order valence-electron chi connectivity index (χ3n) is 1.66. The van der Waals surface area contributed by atoms with Crippen LogP contribution < -0.4 is 11.1 Å². The minimum Gasteiger partial charge on any atom is -0.370 e. The van der Waals surface area contributed by atoms with E-state index < -0.39 is 5.91 Å². The number of aromatic nitrogens is 1. The molecule has 15 heavy (non-hydrogen) atoms. The van der Waals surface area contributed by atoms with E-state index in [9.17, 15) is 9.59 Å². The summed E-state index contributed by atoms with van der Waals surface area (Å²) in [4.78, 5) is 25.9. The van der Waals surface area contributed by atoms with Crippen LogP contribution in [0.15, 0.2) is 22.9 Å². The van der Waals surface area contributed by atoms with Gasteiger partial charge in [0.15, 0.2) is 0 Å². The fourth-order valence-corrected chi connectivity index (χ4v) is 1.38. The highest BCUT2D eigenvalue weighted by molar-refractivity contribution is 9.10. The molecule has 0 atom stereocenters. The number of nitrogens with two attached hydrogens (primary N) is 1. The van der Waals surface area contributed by atoms with Crippen LogP contribution in [0.25, 0.3) is 0 Å². The van der Waals surface area contributed by atoms with Gasteiger partial charge in [-0.15, -0.1) is 0 Å². The maximum Gasteiger partial charge on any atom is 0.254 e. The monoisotopic (exact) mass is 271 g/mol. The molecule has 0 aliphatic heterocycles. The molecule has 0 fully saturated rings. The molecule has 1 aromatic rings. The quantitative estimate of drug-likeness (QED) is 0.780. The molecular formula is C9H10BrN3O2. The molecule has 1 aromatic heterocycles. The predicted molar refractivity (Wildman–Crippen MR) is 58.1 cm³/mol.